The summed E-state index contributed by atoms with van der Waals surface area (Å²) in [4.78, 5) is 7.09. The van der Waals surface area contributed by atoms with Crippen molar-refractivity contribution in [1.82, 2.24) is 4.98 Å². The maximum Gasteiger partial charge on any atom is 0.0353 e. The molecule has 0 aliphatic rings. The van der Waals surface area contributed by atoms with Crippen LogP contribution in [-0.2, 0) is 0 Å². The van der Waals surface area contributed by atoms with Crippen LogP contribution < -0.4 is 0 Å². The van der Waals surface area contributed by atoms with Gasteiger partial charge in [-0.1, -0.05) is 145 Å². The molecule has 0 aliphatic heterocycles. The molecule has 7 aromatic carbocycles. The van der Waals surface area contributed by atoms with E-state index in [4.69, 9.17) is 0 Å². The van der Waals surface area contributed by atoms with E-state index in [-0.39, 0.29) is 0 Å². The smallest absolute Gasteiger partial charge is 0.0353 e. The Morgan fingerprint density at radius 2 is 1.05 bits per heavy atom. The Bertz CT molecular complexity index is 2190. The van der Waals surface area contributed by atoms with Gasteiger partial charge in [0.05, 0.1) is 0 Å². The maximum absolute atomic E-state index is 4.62. The van der Waals surface area contributed by atoms with Gasteiger partial charge in [-0.05, 0) is 78.5 Å². The predicted molar refractivity (Wildman–Crippen MR) is 184 cm³/mol. The zero-order chi connectivity index (χ0) is 28.6. The van der Waals surface area contributed by atoms with Gasteiger partial charge in [0, 0.05) is 27.6 Å². The molecule has 0 fully saturated rings. The first-order valence-electron chi connectivity index (χ1n) is 14.5. The van der Waals surface area contributed by atoms with Crippen molar-refractivity contribution in [3.63, 3.8) is 0 Å². The summed E-state index contributed by atoms with van der Waals surface area (Å²) in [6.07, 6.45) is 3.96. The number of nitrogens with zero attached hydrogens (tertiary/aromatic N) is 1. The van der Waals surface area contributed by atoms with E-state index in [1.807, 2.05) is 24.2 Å². The van der Waals surface area contributed by atoms with Gasteiger partial charge in [-0.2, -0.15) is 0 Å². The lowest BCUT2D eigenvalue weighted by atomic mass is 9.90. The van der Waals surface area contributed by atoms with E-state index in [1.165, 1.54) is 75.5 Å². The summed E-state index contributed by atoms with van der Waals surface area (Å²) in [5.41, 5.74) is 7.39. The first-order chi connectivity index (χ1) is 21.3. The molecular formula is C41H27NS. The van der Waals surface area contributed by atoms with Crippen molar-refractivity contribution in [2.45, 2.75) is 9.79 Å². The van der Waals surface area contributed by atoms with Gasteiger partial charge in [-0.25, -0.2) is 0 Å². The van der Waals surface area contributed by atoms with Crippen molar-refractivity contribution in [2.75, 3.05) is 0 Å². The Kier molecular flexibility index (Phi) is 6.47. The second-order valence-electron chi connectivity index (χ2n) is 10.7. The molecule has 43 heavy (non-hydrogen) atoms. The third-order valence-corrected chi connectivity index (χ3v) is 9.35. The topological polar surface area (TPSA) is 12.9 Å². The number of benzene rings is 7. The Balaban J connectivity index is 1.35. The van der Waals surface area contributed by atoms with Crippen LogP contribution in [0.2, 0.25) is 0 Å². The average molecular weight is 566 g/mol. The standard InChI is InChI=1S/C41H27NS/c1-3-12-28(13-4-1)33-23-22-31(26-38(33)30-14-5-2-6-15-30)43-41-36-20-10-9-19-35(36)40(39-27-42-25-24-37(39)41)34-21-11-17-29-16-7-8-18-32(29)34/h1-27H. The molecule has 1 nitrogen and oxygen atoms in total. The van der Waals surface area contributed by atoms with Crippen molar-refractivity contribution in [3.05, 3.63) is 164 Å². The third-order valence-electron chi connectivity index (χ3n) is 8.22. The second-order valence-corrected chi connectivity index (χ2v) is 11.8. The van der Waals surface area contributed by atoms with E-state index in [9.17, 15) is 0 Å². The van der Waals surface area contributed by atoms with Crippen LogP contribution in [0.5, 0.6) is 0 Å². The lowest BCUT2D eigenvalue weighted by molar-refractivity contribution is 1.36. The highest BCUT2D eigenvalue weighted by atomic mass is 32.2. The number of fused-ring (bicyclic) bond motifs is 3. The van der Waals surface area contributed by atoms with Crippen LogP contribution >= 0.6 is 11.8 Å². The molecule has 0 aliphatic carbocycles. The second kappa shape index (κ2) is 10.9. The van der Waals surface area contributed by atoms with Gasteiger partial charge in [-0.3, -0.25) is 4.98 Å². The number of pyridine rings is 1. The summed E-state index contributed by atoms with van der Waals surface area (Å²) < 4.78 is 0. The van der Waals surface area contributed by atoms with Gasteiger partial charge < -0.3 is 0 Å². The van der Waals surface area contributed by atoms with Gasteiger partial charge in [0.15, 0.2) is 0 Å². The molecule has 0 spiro atoms. The Morgan fingerprint density at radius 3 is 1.84 bits per heavy atom. The van der Waals surface area contributed by atoms with Gasteiger partial charge in [0.1, 0.15) is 0 Å². The Morgan fingerprint density at radius 1 is 0.419 bits per heavy atom. The molecule has 8 aromatic rings. The van der Waals surface area contributed by atoms with Crippen LogP contribution in [0.3, 0.4) is 0 Å². The fraction of sp³-hybridized carbons (Fsp3) is 0. The molecule has 0 saturated carbocycles. The van der Waals surface area contributed by atoms with Crippen LogP contribution in [0.25, 0.3) is 65.7 Å². The summed E-state index contributed by atoms with van der Waals surface area (Å²) in [6, 6.07) is 54.5. The van der Waals surface area contributed by atoms with Crippen molar-refractivity contribution in [3.8, 4) is 33.4 Å². The first-order valence-corrected chi connectivity index (χ1v) is 15.4. The van der Waals surface area contributed by atoms with E-state index in [0.717, 1.165) is 0 Å². The van der Waals surface area contributed by atoms with Crippen molar-refractivity contribution in [2.24, 2.45) is 0 Å². The molecule has 2 heteroatoms. The molecular weight excluding hydrogens is 539 g/mol. The summed E-state index contributed by atoms with van der Waals surface area (Å²) in [7, 11) is 0. The normalized spacial score (nSPS) is 11.3. The molecule has 202 valence electrons. The number of aromatic nitrogens is 1. The van der Waals surface area contributed by atoms with Gasteiger partial charge >= 0.3 is 0 Å². The Labute approximate surface area is 255 Å². The SMILES string of the molecule is c1ccc(-c2ccc(Sc3c4ccccc4c(-c4cccc5ccccc45)c4cnccc34)cc2-c2ccccc2)cc1. The fourth-order valence-electron chi connectivity index (χ4n) is 6.26. The van der Waals surface area contributed by atoms with Crippen LogP contribution in [0, 0.1) is 0 Å². The molecule has 8 rings (SSSR count). The highest BCUT2D eigenvalue weighted by molar-refractivity contribution is 7.99. The van der Waals surface area contributed by atoms with E-state index in [1.54, 1.807) is 0 Å². The lowest BCUT2D eigenvalue weighted by Gasteiger charge is -2.18. The molecule has 1 aromatic heterocycles. The van der Waals surface area contributed by atoms with E-state index in [2.05, 4.69) is 157 Å². The first kappa shape index (κ1) is 25.5. The van der Waals surface area contributed by atoms with Gasteiger partial charge in [0.25, 0.3) is 0 Å². The zero-order valence-corrected chi connectivity index (χ0v) is 24.3. The van der Waals surface area contributed by atoms with Crippen molar-refractivity contribution < 1.29 is 0 Å². The highest BCUT2D eigenvalue weighted by Crippen LogP contribution is 2.47. The molecule has 0 amide bonds. The minimum atomic E-state index is 1.17. The van der Waals surface area contributed by atoms with Crippen LogP contribution in [-0.4, -0.2) is 4.98 Å². The monoisotopic (exact) mass is 565 g/mol. The zero-order valence-electron chi connectivity index (χ0n) is 23.4. The lowest BCUT2D eigenvalue weighted by Crippen LogP contribution is -1.91. The summed E-state index contributed by atoms with van der Waals surface area (Å²) in [6.45, 7) is 0. The third kappa shape index (κ3) is 4.57. The molecule has 0 atom stereocenters. The molecule has 0 N–H and O–H groups in total. The molecule has 0 bridgehead atoms. The van der Waals surface area contributed by atoms with Crippen molar-refractivity contribution in [1.29, 1.82) is 0 Å². The van der Waals surface area contributed by atoms with Crippen molar-refractivity contribution >= 4 is 44.1 Å². The van der Waals surface area contributed by atoms with Gasteiger partial charge in [0.2, 0.25) is 0 Å². The van der Waals surface area contributed by atoms with E-state index < -0.39 is 0 Å². The minimum Gasteiger partial charge on any atom is -0.264 e. The van der Waals surface area contributed by atoms with Crippen LogP contribution in [0.4, 0.5) is 0 Å². The fourth-order valence-corrected chi connectivity index (χ4v) is 7.38. The summed E-state index contributed by atoms with van der Waals surface area (Å²) in [5, 5.41) is 7.38. The van der Waals surface area contributed by atoms with Gasteiger partial charge in [-0.15, -0.1) is 0 Å². The number of hydrogen-bond acceptors (Lipinski definition) is 2. The van der Waals surface area contributed by atoms with E-state index in [0.29, 0.717) is 0 Å². The Hall–Kier alpha value is -5.18. The predicted octanol–water partition coefficient (Wildman–Crippen LogP) is 11.7. The summed E-state index contributed by atoms with van der Waals surface area (Å²) >= 11 is 1.84. The minimum absolute atomic E-state index is 1.17. The van der Waals surface area contributed by atoms with Crippen LogP contribution in [0.15, 0.2) is 174 Å². The molecule has 1 heterocycles. The maximum atomic E-state index is 4.62. The number of rotatable bonds is 5. The molecule has 0 radical (unpaired) electrons. The summed E-state index contributed by atoms with van der Waals surface area (Å²) in [5.74, 6) is 0. The number of hydrogen-bond donors (Lipinski definition) is 0. The molecule has 0 saturated heterocycles. The average Bonchev–Trinajstić information content (AvgIpc) is 3.09. The highest BCUT2D eigenvalue weighted by Gasteiger charge is 2.18. The quantitative estimate of drug-likeness (QED) is 0.193. The molecule has 0 unspecified atom stereocenters. The van der Waals surface area contributed by atoms with Crippen LogP contribution in [0.1, 0.15) is 0 Å². The van der Waals surface area contributed by atoms with E-state index >= 15 is 0 Å². The largest absolute Gasteiger partial charge is 0.264 e.